The Morgan fingerprint density at radius 1 is 1.88 bits per heavy atom. The number of nitrogens with zero attached hydrogens (tertiary/aromatic N) is 3. The summed E-state index contributed by atoms with van der Waals surface area (Å²) < 4.78 is 1.09. The Labute approximate surface area is 46.1 Å². The highest BCUT2D eigenvalue weighted by atomic mass is 15.3. The zero-order chi connectivity index (χ0) is 5.98. The molecule has 0 amide bonds. The lowest BCUT2D eigenvalue weighted by Gasteiger charge is -1.74. The SMILES string of the molecule is N#Cn1cc(N)cn1. The van der Waals surface area contributed by atoms with Gasteiger partial charge in [-0.2, -0.15) is 15.0 Å². The largest absolute Gasteiger partial charge is 0.396 e. The molecule has 4 heteroatoms. The molecule has 0 saturated heterocycles. The molecule has 0 saturated carbocycles. The predicted molar refractivity (Wildman–Crippen MR) is 27.7 cm³/mol. The summed E-state index contributed by atoms with van der Waals surface area (Å²) >= 11 is 0. The highest BCUT2D eigenvalue weighted by Crippen LogP contribution is 1.93. The molecular formula is C4H4N4. The molecule has 8 heavy (non-hydrogen) atoms. The van der Waals surface area contributed by atoms with Crippen LogP contribution in [-0.4, -0.2) is 9.78 Å². The fourth-order valence-electron chi connectivity index (χ4n) is 0.391. The van der Waals surface area contributed by atoms with Gasteiger partial charge in [0.1, 0.15) is 0 Å². The molecule has 0 atom stereocenters. The van der Waals surface area contributed by atoms with Crippen LogP contribution in [0, 0.1) is 11.5 Å². The predicted octanol–water partition coefficient (Wildman–Crippen LogP) is -0.206. The highest BCUT2D eigenvalue weighted by molar-refractivity contribution is 5.31. The lowest BCUT2D eigenvalue weighted by atomic mass is 10.6. The van der Waals surface area contributed by atoms with Crippen molar-refractivity contribution in [3.8, 4) is 6.19 Å². The quantitative estimate of drug-likeness (QED) is 0.500. The molecule has 0 unspecified atom stereocenters. The van der Waals surface area contributed by atoms with Gasteiger partial charge in [-0.3, -0.25) is 0 Å². The van der Waals surface area contributed by atoms with Gasteiger partial charge >= 0.3 is 0 Å². The van der Waals surface area contributed by atoms with Gasteiger partial charge in [-0.1, -0.05) is 0 Å². The van der Waals surface area contributed by atoms with Crippen molar-refractivity contribution in [2.24, 2.45) is 0 Å². The zero-order valence-electron chi connectivity index (χ0n) is 4.07. The third kappa shape index (κ3) is 0.611. The van der Waals surface area contributed by atoms with Crippen LogP contribution in [0.4, 0.5) is 5.69 Å². The van der Waals surface area contributed by atoms with Crippen molar-refractivity contribution >= 4 is 5.69 Å². The Hall–Kier alpha value is -1.50. The fourth-order valence-corrected chi connectivity index (χ4v) is 0.391. The van der Waals surface area contributed by atoms with Gasteiger partial charge in [0.25, 0.3) is 0 Å². The fraction of sp³-hybridized carbons (Fsp3) is 0. The van der Waals surface area contributed by atoms with E-state index in [1.54, 1.807) is 6.19 Å². The van der Waals surface area contributed by atoms with Gasteiger partial charge in [-0.25, -0.2) is 0 Å². The maximum atomic E-state index is 8.15. The molecule has 0 fully saturated rings. The van der Waals surface area contributed by atoms with Crippen LogP contribution in [0.1, 0.15) is 0 Å². The standard InChI is InChI=1S/C4H4N4/c5-3-8-2-4(6)1-7-8/h1-2H,6H2. The first-order chi connectivity index (χ1) is 3.83. The summed E-state index contributed by atoms with van der Waals surface area (Å²) in [5, 5.41) is 11.7. The van der Waals surface area contributed by atoms with E-state index in [-0.39, 0.29) is 0 Å². The first-order valence-electron chi connectivity index (χ1n) is 2.03. The van der Waals surface area contributed by atoms with E-state index in [2.05, 4.69) is 5.10 Å². The monoisotopic (exact) mass is 108 g/mol. The van der Waals surface area contributed by atoms with Crippen molar-refractivity contribution in [3.05, 3.63) is 12.4 Å². The van der Waals surface area contributed by atoms with E-state index in [9.17, 15) is 0 Å². The molecule has 1 aromatic rings. The number of anilines is 1. The lowest BCUT2D eigenvalue weighted by molar-refractivity contribution is 0.898. The summed E-state index contributed by atoms with van der Waals surface area (Å²) in [5.74, 6) is 0. The first kappa shape index (κ1) is 4.65. The molecule has 0 aliphatic carbocycles. The van der Waals surface area contributed by atoms with E-state index in [0.717, 1.165) is 4.68 Å². The van der Waals surface area contributed by atoms with Gasteiger partial charge in [0.2, 0.25) is 6.19 Å². The van der Waals surface area contributed by atoms with Crippen LogP contribution < -0.4 is 5.73 Å². The van der Waals surface area contributed by atoms with Crippen molar-refractivity contribution in [1.29, 1.82) is 5.26 Å². The van der Waals surface area contributed by atoms with Crippen molar-refractivity contribution in [2.45, 2.75) is 0 Å². The van der Waals surface area contributed by atoms with Gasteiger partial charge < -0.3 is 5.73 Å². The Morgan fingerprint density at radius 2 is 2.62 bits per heavy atom. The van der Waals surface area contributed by atoms with E-state index in [1.165, 1.54) is 12.4 Å². The molecule has 0 bridgehead atoms. The number of rotatable bonds is 0. The zero-order valence-corrected chi connectivity index (χ0v) is 4.07. The van der Waals surface area contributed by atoms with E-state index in [0.29, 0.717) is 5.69 Å². The minimum Gasteiger partial charge on any atom is -0.396 e. The average molecular weight is 108 g/mol. The maximum Gasteiger partial charge on any atom is 0.206 e. The van der Waals surface area contributed by atoms with Crippen LogP contribution in [0.3, 0.4) is 0 Å². The molecule has 1 aromatic heterocycles. The average Bonchev–Trinajstić information content (AvgIpc) is 2.14. The Balaban J connectivity index is 3.05. The third-order valence-electron chi connectivity index (χ3n) is 0.705. The van der Waals surface area contributed by atoms with Gasteiger partial charge in [-0.05, 0) is 0 Å². The summed E-state index contributed by atoms with van der Waals surface area (Å²) in [6.07, 6.45) is 4.64. The number of aromatic nitrogens is 2. The summed E-state index contributed by atoms with van der Waals surface area (Å²) in [4.78, 5) is 0. The maximum absolute atomic E-state index is 8.15. The molecule has 0 aromatic carbocycles. The Bertz CT molecular complexity index is 218. The van der Waals surface area contributed by atoms with Gasteiger partial charge in [0, 0.05) is 0 Å². The van der Waals surface area contributed by atoms with E-state index < -0.39 is 0 Å². The van der Waals surface area contributed by atoms with Crippen LogP contribution in [0.25, 0.3) is 0 Å². The van der Waals surface area contributed by atoms with Gasteiger partial charge in [0.15, 0.2) is 0 Å². The van der Waals surface area contributed by atoms with Crippen LogP contribution in [-0.2, 0) is 0 Å². The summed E-state index contributed by atoms with van der Waals surface area (Å²) in [6, 6.07) is 0. The van der Waals surface area contributed by atoms with Crippen LogP contribution in [0.2, 0.25) is 0 Å². The lowest BCUT2D eigenvalue weighted by Crippen LogP contribution is -1.85. The minimum absolute atomic E-state index is 0.506. The molecule has 1 rings (SSSR count). The van der Waals surface area contributed by atoms with Crippen molar-refractivity contribution in [1.82, 2.24) is 9.78 Å². The van der Waals surface area contributed by atoms with Gasteiger partial charge in [-0.15, -0.1) is 0 Å². The number of hydrogen-bond donors (Lipinski definition) is 1. The third-order valence-corrected chi connectivity index (χ3v) is 0.705. The first-order valence-corrected chi connectivity index (χ1v) is 2.03. The molecule has 4 nitrogen and oxygen atoms in total. The summed E-state index contributed by atoms with van der Waals surface area (Å²) in [6.45, 7) is 0. The summed E-state index contributed by atoms with van der Waals surface area (Å²) in [7, 11) is 0. The topological polar surface area (TPSA) is 67.6 Å². The van der Waals surface area contributed by atoms with Crippen LogP contribution in [0.15, 0.2) is 12.4 Å². The molecule has 0 aliphatic rings. The molecule has 2 N–H and O–H groups in total. The molecule has 40 valence electrons. The molecule has 1 heterocycles. The van der Waals surface area contributed by atoms with E-state index >= 15 is 0 Å². The van der Waals surface area contributed by atoms with Crippen LogP contribution in [0.5, 0.6) is 0 Å². The van der Waals surface area contributed by atoms with E-state index in [4.69, 9.17) is 11.0 Å². The second-order valence-corrected chi connectivity index (χ2v) is 1.32. The highest BCUT2D eigenvalue weighted by Gasteiger charge is 1.87. The van der Waals surface area contributed by atoms with Crippen molar-refractivity contribution < 1.29 is 0 Å². The Kier molecular flexibility index (Phi) is 0.897. The molecule has 0 aliphatic heterocycles. The second kappa shape index (κ2) is 1.54. The van der Waals surface area contributed by atoms with Gasteiger partial charge in [0.05, 0.1) is 18.1 Å². The number of nitriles is 1. The minimum atomic E-state index is 0.506. The normalized spacial score (nSPS) is 8.38. The van der Waals surface area contributed by atoms with Crippen LogP contribution >= 0.6 is 0 Å². The Morgan fingerprint density at radius 3 is 2.88 bits per heavy atom. The van der Waals surface area contributed by atoms with E-state index in [1.807, 2.05) is 0 Å². The molecule has 0 radical (unpaired) electrons. The smallest absolute Gasteiger partial charge is 0.206 e. The van der Waals surface area contributed by atoms with Crippen molar-refractivity contribution in [2.75, 3.05) is 5.73 Å². The second-order valence-electron chi connectivity index (χ2n) is 1.32. The van der Waals surface area contributed by atoms with Crippen molar-refractivity contribution in [3.63, 3.8) is 0 Å². The summed E-state index contributed by atoms with van der Waals surface area (Å²) in [5.41, 5.74) is 5.73. The number of nitrogen functional groups attached to an aromatic ring is 1. The number of nitrogens with two attached hydrogens (primary N) is 1. The number of hydrogen-bond acceptors (Lipinski definition) is 3. The molecule has 0 spiro atoms. The molecular weight excluding hydrogens is 104 g/mol.